The van der Waals surface area contributed by atoms with Crippen molar-refractivity contribution >= 4 is 38.3 Å². The maximum absolute atomic E-state index is 10.0. The Labute approximate surface area is 263 Å². The van der Waals surface area contributed by atoms with Gasteiger partial charge in [-0.05, 0) is 52.6 Å². The molecule has 0 spiro atoms. The third-order valence-electron chi connectivity index (χ3n) is 7.02. The molecule has 1 radical (unpaired) electrons. The van der Waals surface area contributed by atoms with Gasteiger partial charge in [-0.25, -0.2) is 0 Å². The molecule has 2 aromatic heterocycles. The van der Waals surface area contributed by atoms with Crippen LogP contribution in [0.4, 0.5) is 0 Å². The van der Waals surface area contributed by atoms with Crippen molar-refractivity contribution in [1.82, 2.24) is 4.98 Å². The van der Waals surface area contributed by atoms with Crippen molar-refractivity contribution in [2.75, 3.05) is 0 Å². The molecule has 0 aliphatic rings. The Balaban J connectivity index is 0.000000415. The van der Waals surface area contributed by atoms with Gasteiger partial charge in [-0.2, -0.15) is 0 Å². The van der Waals surface area contributed by atoms with Crippen LogP contribution in [-0.4, -0.2) is 15.9 Å². The van der Waals surface area contributed by atoms with Gasteiger partial charge in [0, 0.05) is 43.6 Å². The fourth-order valence-corrected chi connectivity index (χ4v) is 5.23. The number of aliphatic hydroxyl groups is 1. The average molecular weight is 739 g/mol. The number of fused-ring (bicyclic) bond motifs is 4. The van der Waals surface area contributed by atoms with E-state index < -0.39 is 0 Å². The van der Waals surface area contributed by atoms with Crippen LogP contribution in [0.25, 0.3) is 66.2 Å². The predicted octanol–water partition coefficient (Wildman–Crippen LogP) is 9.97. The van der Waals surface area contributed by atoms with Crippen LogP contribution in [0, 0.1) is 6.07 Å². The number of rotatable bonds is 4. The summed E-state index contributed by atoms with van der Waals surface area (Å²) in [6.45, 7) is 2.85. The molecule has 4 nitrogen and oxygen atoms in total. The van der Waals surface area contributed by atoms with Gasteiger partial charge in [-0.15, -0.1) is 12.1 Å². The number of allylic oxidation sites excluding steroid dienone is 2. The van der Waals surface area contributed by atoms with Gasteiger partial charge in [-0.1, -0.05) is 114 Å². The number of hydrogen-bond acceptors (Lipinski definition) is 4. The van der Waals surface area contributed by atoms with E-state index in [-0.39, 0.29) is 31.6 Å². The Hall–Kier alpha value is -4.83. The Kier molecular flexibility index (Phi) is 8.96. The molecule has 0 saturated carbocycles. The van der Waals surface area contributed by atoms with Crippen molar-refractivity contribution < 1.29 is 34.4 Å². The first-order chi connectivity index (χ1) is 20.5. The van der Waals surface area contributed by atoms with E-state index in [9.17, 15) is 4.79 Å². The first-order valence-electron chi connectivity index (χ1n) is 13.7. The molecular weight excluding hydrogens is 711 g/mol. The number of carbonyl (C=O) groups is 1. The van der Waals surface area contributed by atoms with Crippen molar-refractivity contribution in [3.63, 3.8) is 0 Å². The zero-order chi connectivity index (χ0) is 29.1. The topological polar surface area (TPSA) is 63.3 Å². The minimum absolute atomic E-state index is 0. The first-order valence-corrected chi connectivity index (χ1v) is 13.7. The molecule has 213 valence electrons. The summed E-state index contributed by atoms with van der Waals surface area (Å²) in [6.07, 6.45) is 3.06. The maximum Gasteiger partial charge on any atom is 0.155 e. The number of nitrogens with zero attached hydrogens (tertiary/aromatic N) is 1. The fraction of sp³-hybridized carbons (Fsp3) is 0.0526. The Bertz CT molecular complexity index is 2080. The molecule has 0 bridgehead atoms. The normalized spacial score (nSPS) is 11.2. The molecule has 7 rings (SSSR count). The smallest absolute Gasteiger partial charge is 0.155 e. The van der Waals surface area contributed by atoms with Crippen LogP contribution >= 0.6 is 0 Å². The molecular formula is C38H28IrNO3-. The minimum atomic E-state index is -0.125. The van der Waals surface area contributed by atoms with Crippen molar-refractivity contribution in [2.24, 2.45) is 0 Å². The van der Waals surface area contributed by atoms with E-state index in [0.717, 1.165) is 50.1 Å². The van der Waals surface area contributed by atoms with Gasteiger partial charge >= 0.3 is 0 Å². The van der Waals surface area contributed by atoms with E-state index in [0.29, 0.717) is 0 Å². The molecule has 0 aliphatic carbocycles. The fourth-order valence-electron chi connectivity index (χ4n) is 5.23. The molecule has 0 aliphatic heterocycles. The van der Waals surface area contributed by atoms with Crippen molar-refractivity contribution in [2.45, 2.75) is 13.8 Å². The number of furan rings is 1. The van der Waals surface area contributed by atoms with Gasteiger partial charge in [0.1, 0.15) is 0 Å². The van der Waals surface area contributed by atoms with Crippen LogP contribution in [0.5, 0.6) is 0 Å². The zero-order valence-electron chi connectivity index (χ0n) is 23.7. The summed E-state index contributed by atoms with van der Waals surface area (Å²) in [7, 11) is 0. The number of hydrogen-bond donors (Lipinski definition) is 1. The zero-order valence-corrected chi connectivity index (χ0v) is 26.1. The molecule has 0 saturated heterocycles. The van der Waals surface area contributed by atoms with Gasteiger partial charge in [0.2, 0.25) is 0 Å². The third-order valence-corrected chi connectivity index (χ3v) is 7.02. The summed E-state index contributed by atoms with van der Waals surface area (Å²) >= 11 is 0. The molecule has 1 N–H and O–H groups in total. The van der Waals surface area contributed by atoms with Crippen LogP contribution in [0.3, 0.4) is 0 Å². The van der Waals surface area contributed by atoms with E-state index in [1.807, 2.05) is 30.5 Å². The van der Waals surface area contributed by atoms with Gasteiger partial charge in [0.15, 0.2) is 5.78 Å². The molecule has 0 fully saturated rings. The van der Waals surface area contributed by atoms with Crippen LogP contribution in [0.15, 0.2) is 138 Å². The van der Waals surface area contributed by atoms with Crippen molar-refractivity contribution in [3.05, 3.63) is 139 Å². The van der Waals surface area contributed by atoms with E-state index in [2.05, 4.69) is 97.1 Å². The molecule has 0 amide bonds. The number of aromatic nitrogens is 1. The summed E-state index contributed by atoms with van der Waals surface area (Å²) in [5.74, 6) is 0.774. The minimum Gasteiger partial charge on any atom is -0.512 e. The number of ketones is 1. The molecule has 0 atom stereocenters. The average Bonchev–Trinajstić information content (AvgIpc) is 3.45. The second kappa shape index (κ2) is 13.0. The summed E-state index contributed by atoms with van der Waals surface area (Å²) in [6, 6.07) is 43.4. The predicted molar refractivity (Wildman–Crippen MR) is 171 cm³/mol. The largest absolute Gasteiger partial charge is 0.512 e. The summed E-state index contributed by atoms with van der Waals surface area (Å²) in [5.41, 5.74) is 5.91. The second-order valence-corrected chi connectivity index (χ2v) is 10.1. The van der Waals surface area contributed by atoms with Gasteiger partial charge in [0.05, 0.1) is 17.1 Å². The maximum atomic E-state index is 10.0. The molecule has 2 heterocycles. The van der Waals surface area contributed by atoms with Crippen LogP contribution in [0.1, 0.15) is 13.8 Å². The molecule has 43 heavy (non-hydrogen) atoms. The number of aliphatic hydroxyl groups excluding tert-OH is 1. The van der Waals surface area contributed by atoms with Crippen molar-refractivity contribution in [1.29, 1.82) is 0 Å². The van der Waals surface area contributed by atoms with E-state index in [1.165, 1.54) is 36.1 Å². The Morgan fingerprint density at radius 2 is 1.44 bits per heavy atom. The third kappa shape index (κ3) is 6.34. The van der Waals surface area contributed by atoms with Crippen LogP contribution < -0.4 is 0 Å². The molecule has 0 unspecified atom stereocenters. The Morgan fingerprint density at radius 3 is 2.12 bits per heavy atom. The summed E-state index contributed by atoms with van der Waals surface area (Å²) < 4.78 is 6.42. The SMILES string of the molecule is CC(=O)/C=C(/C)O.[Ir].[c-]1c(-c2nccc3c2ccc2ccccc23)cc(-c2ccccc2)c2oc(-c3ccccc3)cc12. The van der Waals surface area contributed by atoms with E-state index in [4.69, 9.17) is 14.5 Å². The van der Waals surface area contributed by atoms with Crippen LogP contribution in [-0.2, 0) is 24.9 Å². The number of benzene rings is 5. The standard InChI is InChI=1S/C33H20NO.C5H8O2.Ir/c1-3-9-22(10-4-1)30-20-25(19-26-21-31(35-33(26)30)24-12-5-2-6-13-24)32-29-16-15-23-11-7-8-14-27(23)28(29)17-18-34-32;1-4(6)3-5(2)7;/h1-18,20-21H;3,6H,1-2H3;/q-1;;/b;4-3-;. The van der Waals surface area contributed by atoms with Gasteiger partial charge < -0.3 is 9.52 Å². The van der Waals surface area contributed by atoms with Gasteiger partial charge in [-0.3, -0.25) is 9.78 Å². The summed E-state index contributed by atoms with van der Waals surface area (Å²) in [4.78, 5) is 14.8. The number of carbonyl (C=O) groups excluding carboxylic acids is 1. The van der Waals surface area contributed by atoms with E-state index in [1.54, 1.807) is 0 Å². The van der Waals surface area contributed by atoms with Gasteiger partial charge in [0.25, 0.3) is 0 Å². The quantitative estimate of drug-likeness (QED) is 0.0846. The Morgan fingerprint density at radius 1 is 0.767 bits per heavy atom. The first kappa shape index (κ1) is 29.7. The molecule has 7 aromatic rings. The number of pyridine rings is 1. The van der Waals surface area contributed by atoms with Crippen molar-refractivity contribution in [3.8, 4) is 33.7 Å². The molecule has 5 aromatic carbocycles. The van der Waals surface area contributed by atoms with E-state index >= 15 is 0 Å². The van der Waals surface area contributed by atoms with Crippen LogP contribution in [0.2, 0.25) is 0 Å². The molecule has 5 heteroatoms. The monoisotopic (exact) mass is 739 g/mol. The summed E-state index contributed by atoms with van der Waals surface area (Å²) in [5, 5.41) is 14.1. The second-order valence-electron chi connectivity index (χ2n) is 10.1.